The van der Waals surface area contributed by atoms with Crippen LogP contribution in [0.1, 0.15) is 28.0 Å². The first-order valence-corrected chi connectivity index (χ1v) is 6.27. The lowest BCUT2D eigenvalue weighted by atomic mass is 10.2. The van der Waals surface area contributed by atoms with E-state index in [9.17, 15) is 9.18 Å². The molecule has 4 nitrogen and oxygen atoms in total. The zero-order chi connectivity index (χ0) is 13.4. The molecule has 0 aliphatic heterocycles. The molecule has 1 N–H and O–H groups in total. The van der Waals surface area contributed by atoms with E-state index in [1.54, 1.807) is 17.8 Å². The van der Waals surface area contributed by atoms with Crippen LogP contribution in [0.5, 0.6) is 0 Å². The fraction of sp³-hybridized carbons (Fsp3) is 0.286. The Labute approximate surface area is 110 Å². The maximum atomic E-state index is 13.1. The molecule has 1 aliphatic carbocycles. The first-order valence-electron chi connectivity index (χ1n) is 6.27. The van der Waals surface area contributed by atoms with Gasteiger partial charge in [-0.3, -0.25) is 9.48 Å². The van der Waals surface area contributed by atoms with Crippen molar-refractivity contribution >= 4 is 11.7 Å². The molecule has 1 aliphatic rings. The minimum absolute atomic E-state index is 0.308. The number of carbonyl (C=O) groups is 1. The second kappa shape index (κ2) is 4.50. The number of hydrogen-bond donors (Lipinski definition) is 1. The summed E-state index contributed by atoms with van der Waals surface area (Å²) in [5, 5.41) is 7.21. The van der Waals surface area contributed by atoms with E-state index < -0.39 is 5.82 Å². The van der Waals surface area contributed by atoms with Crippen molar-refractivity contribution in [1.29, 1.82) is 0 Å². The van der Waals surface area contributed by atoms with E-state index in [0.717, 1.165) is 36.3 Å². The highest BCUT2D eigenvalue weighted by atomic mass is 19.1. The molecule has 1 aromatic carbocycles. The maximum absolute atomic E-state index is 13.1. The molecular formula is C14H14FN3O. The van der Waals surface area contributed by atoms with Crippen molar-refractivity contribution in [3.63, 3.8) is 0 Å². The van der Waals surface area contributed by atoms with Crippen LogP contribution in [-0.2, 0) is 19.9 Å². The molecule has 19 heavy (non-hydrogen) atoms. The number of amides is 1. The summed E-state index contributed by atoms with van der Waals surface area (Å²) in [4.78, 5) is 12.1. The largest absolute Gasteiger partial charge is 0.307 e. The van der Waals surface area contributed by atoms with Crippen LogP contribution in [0.4, 0.5) is 10.2 Å². The SMILES string of the molecule is Cn1nc2c(c1NC(=O)c1cccc(F)c1)CCC2. The highest BCUT2D eigenvalue weighted by Gasteiger charge is 2.22. The minimum Gasteiger partial charge on any atom is -0.307 e. The zero-order valence-corrected chi connectivity index (χ0v) is 10.6. The molecule has 3 rings (SSSR count). The molecule has 0 atom stereocenters. The lowest BCUT2D eigenvalue weighted by molar-refractivity contribution is 0.102. The third-order valence-electron chi connectivity index (χ3n) is 3.39. The number of halogens is 1. The Hall–Kier alpha value is -2.17. The molecule has 1 amide bonds. The van der Waals surface area contributed by atoms with Crippen molar-refractivity contribution in [2.45, 2.75) is 19.3 Å². The van der Waals surface area contributed by atoms with Crippen LogP contribution in [0.15, 0.2) is 24.3 Å². The summed E-state index contributed by atoms with van der Waals surface area (Å²) >= 11 is 0. The normalized spacial score (nSPS) is 13.4. The Balaban J connectivity index is 1.88. The first kappa shape index (κ1) is 11.9. The number of benzene rings is 1. The summed E-state index contributed by atoms with van der Waals surface area (Å²) in [6, 6.07) is 5.66. The van der Waals surface area contributed by atoms with Crippen LogP contribution in [0, 0.1) is 5.82 Å². The van der Waals surface area contributed by atoms with Crippen molar-refractivity contribution < 1.29 is 9.18 Å². The Bertz CT molecular complexity index is 648. The van der Waals surface area contributed by atoms with E-state index in [4.69, 9.17) is 0 Å². The van der Waals surface area contributed by atoms with Gasteiger partial charge in [-0.15, -0.1) is 0 Å². The molecule has 1 heterocycles. The molecular weight excluding hydrogens is 245 g/mol. The summed E-state index contributed by atoms with van der Waals surface area (Å²) in [5.41, 5.74) is 2.47. The first-order chi connectivity index (χ1) is 9.15. The fourth-order valence-electron chi connectivity index (χ4n) is 2.49. The number of nitrogens with one attached hydrogen (secondary N) is 1. The lowest BCUT2D eigenvalue weighted by Crippen LogP contribution is -2.15. The zero-order valence-electron chi connectivity index (χ0n) is 10.6. The van der Waals surface area contributed by atoms with Gasteiger partial charge in [0, 0.05) is 18.2 Å². The van der Waals surface area contributed by atoms with Crippen LogP contribution < -0.4 is 5.32 Å². The van der Waals surface area contributed by atoms with Gasteiger partial charge in [0.25, 0.3) is 5.91 Å². The number of rotatable bonds is 2. The molecule has 0 saturated heterocycles. The van der Waals surface area contributed by atoms with E-state index in [2.05, 4.69) is 10.4 Å². The van der Waals surface area contributed by atoms with E-state index in [-0.39, 0.29) is 5.91 Å². The molecule has 1 aromatic heterocycles. The third-order valence-corrected chi connectivity index (χ3v) is 3.39. The third kappa shape index (κ3) is 2.12. The summed E-state index contributed by atoms with van der Waals surface area (Å²) < 4.78 is 14.8. The Morgan fingerprint density at radius 3 is 3.05 bits per heavy atom. The summed E-state index contributed by atoms with van der Waals surface area (Å²) in [6.07, 6.45) is 2.96. The fourth-order valence-corrected chi connectivity index (χ4v) is 2.49. The van der Waals surface area contributed by atoms with Crippen molar-refractivity contribution in [2.24, 2.45) is 7.05 Å². The Morgan fingerprint density at radius 2 is 2.26 bits per heavy atom. The van der Waals surface area contributed by atoms with Crippen molar-refractivity contribution in [2.75, 3.05) is 5.32 Å². The summed E-state index contributed by atoms with van der Waals surface area (Å²) in [7, 11) is 1.81. The Kier molecular flexibility index (Phi) is 2.81. The molecule has 0 radical (unpaired) electrons. The van der Waals surface area contributed by atoms with Crippen LogP contribution in [0.25, 0.3) is 0 Å². The second-order valence-corrected chi connectivity index (χ2v) is 4.72. The van der Waals surface area contributed by atoms with Crippen LogP contribution in [0.3, 0.4) is 0 Å². The Morgan fingerprint density at radius 1 is 1.42 bits per heavy atom. The minimum atomic E-state index is -0.414. The monoisotopic (exact) mass is 259 g/mol. The number of aromatic nitrogens is 2. The lowest BCUT2D eigenvalue weighted by Gasteiger charge is -2.07. The van der Waals surface area contributed by atoms with Gasteiger partial charge in [-0.25, -0.2) is 4.39 Å². The molecule has 0 saturated carbocycles. The van der Waals surface area contributed by atoms with Crippen LogP contribution >= 0.6 is 0 Å². The van der Waals surface area contributed by atoms with E-state index in [1.165, 1.54) is 18.2 Å². The summed E-state index contributed by atoms with van der Waals surface area (Å²) in [5.74, 6) is 0.00171. The van der Waals surface area contributed by atoms with Gasteiger partial charge < -0.3 is 5.32 Å². The molecule has 5 heteroatoms. The number of fused-ring (bicyclic) bond motifs is 1. The average Bonchev–Trinajstić information content (AvgIpc) is 2.93. The average molecular weight is 259 g/mol. The number of anilines is 1. The van der Waals surface area contributed by atoms with Gasteiger partial charge >= 0.3 is 0 Å². The number of hydrogen-bond acceptors (Lipinski definition) is 2. The van der Waals surface area contributed by atoms with Crippen LogP contribution in [-0.4, -0.2) is 15.7 Å². The van der Waals surface area contributed by atoms with Gasteiger partial charge in [-0.2, -0.15) is 5.10 Å². The van der Waals surface area contributed by atoms with Gasteiger partial charge in [-0.1, -0.05) is 6.07 Å². The molecule has 0 bridgehead atoms. The molecule has 0 fully saturated rings. The number of aryl methyl sites for hydroxylation is 2. The molecule has 98 valence electrons. The second-order valence-electron chi connectivity index (χ2n) is 4.72. The van der Waals surface area contributed by atoms with Crippen molar-refractivity contribution in [3.8, 4) is 0 Å². The van der Waals surface area contributed by atoms with Crippen LogP contribution in [0.2, 0.25) is 0 Å². The quantitative estimate of drug-likeness (QED) is 0.899. The standard InChI is InChI=1S/C14H14FN3O/c1-18-13(11-6-3-7-12(11)17-18)16-14(19)9-4-2-5-10(15)8-9/h2,4-5,8H,3,6-7H2,1H3,(H,16,19). The van der Waals surface area contributed by atoms with E-state index >= 15 is 0 Å². The maximum Gasteiger partial charge on any atom is 0.256 e. The predicted octanol–water partition coefficient (Wildman–Crippen LogP) is 2.30. The predicted molar refractivity (Wildman–Crippen MR) is 69.6 cm³/mol. The van der Waals surface area contributed by atoms with Gasteiger partial charge in [0.15, 0.2) is 0 Å². The topological polar surface area (TPSA) is 46.9 Å². The van der Waals surface area contributed by atoms with Gasteiger partial charge in [0.2, 0.25) is 0 Å². The number of nitrogens with zero attached hydrogens (tertiary/aromatic N) is 2. The summed E-state index contributed by atoms with van der Waals surface area (Å²) in [6.45, 7) is 0. The van der Waals surface area contributed by atoms with E-state index in [0.29, 0.717) is 5.56 Å². The smallest absolute Gasteiger partial charge is 0.256 e. The van der Waals surface area contributed by atoms with Crippen molar-refractivity contribution in [1.82, 2.24) is 9.78 Å². The van der Waals surface area contributed by atoms with E-state index in [1.807, 2.05) is 0 Å². The molecule has 0 spiro atoms. The van der Waals surface area contributed by atoms with Gasteiger partial charge in [-0.05, 0) is 37.5 Å². The van der Waals surface area contributed by atoms with Gasteiger partial charge in [0.1, 0.15) is 11.6 Å². The van der Waals surface area contributed by atoms with Gasteiger partial charge in [0.05, 0.1) is 5.69 Å². The highest BCUT2D eigenvalue weighted by molar-refractivity contribution is 6.04. The number of carbonyl (C=O) groups excluding carboxylic acids is 1. The molecule has 2 aromatic rings. The highest BCUT2D eigenvalue weighted by Crippen LogP contribution is 2.28. The molecule has 0 unspecified atom stereocenters. The van der Waals surface area contributed by atoms with Crippen molar-refractivity contribution in [3.05, 3.63) is 46.9 Å².